The standard InChI is InChI=1S/C13H23N3O2S/c1-10(2)11-9-19-13(15-11)14-4-3-12(17)16-5-7-18-8-6-16/h10-11H,3-9H2,1-2H3,(H,14,15)/t11-/m1/s1. The van der Waals surface area contributed by atoms with Crippen molar-refractivity contribution in [3.05, 3.63) is 0 Å². The zero-order valence-corrected chi connectivity index (χ0v) is 12.5. The summed E-state index contributed by atoms with van der Waals surface area (Å²) in [6.45, 7) is 7.76. The molecule has 2 rings (SSSR count). The molecule has 6 heteroatoms. The van der Waals surface area contributed by atoms with Gasteiger partial charge in [-0.3, -0.25) is 9.79 Å². The van der Waals surface area contributed by atoms with Crippen molar-refractivity contribution in [1.82, 2.24) is 10.2 Å². The Morgan fingerprint density at radius 2 is 2.26 bits per heavy atom. The van der Waals surface area contributed by atoms with Crippen LogP contribution in [0, 0.1) is 5.92 Å². The fourth-order valence-electron chi connectivity index (χ4n) is 2.09. The van der Waals surface area contributed by atoms with Gasteiger partial charge in [-0.2, -0.15) is 0 Å². The minimum Gasteiger partial charge on any atom is -0.378 e. The number of morpholine rings is 1. The van der Waals surface area contributed by atoms with Gasteiger partial charge in [-0.25, -0.2) is 0 Å². The maximum Gasteiger partial charge on any atom is 0.224 e. The SMILES string of the molecule is CC(C)[C@H]1CSC(=NCCC(=O)N2CCOCC2)N1. The van der Waals surface area contributed by atoms with Gasteiger partial charge >= 0.3 is 0 Å². The van der Waals surface area contributed by atoms with Gasteiger partial charge in [0.1, 0.15) is 0 Å². The number of amides is 1. The van der Waals surface area contributed by atoms with Crippen LogP contribution in [0.3, 0.4) is 0 Å². The third-order valence-corrected chi connectivity index (χ3v) is 4.50. The monoisotopic (exact) mass is 285 g/mol. The first-order chi connectivity index (χ1) is 9.16. The van der Waals surface area contributed by atoms with Crippen molar-refractivity contribution >= 4 is 22.8 Å². The van der Waals surface area contributed by atoms with E-state index in [0.717, 1.165) is 24.0 Å². The van der Waals surface area contributed by atoms with E-state index in [2.05, 4.69) is 24.2 Å². The summed E-state index contributed by atoms with van der Waals surface area (Å²) in [6.07, 6.45) is 0.498. The zero-order valence-electron chi connectivity index (χ0n) is 11.7. The van der Waals surface area contributed by atoms with Gasteiger partial charge in [0, 0.05) is 31.3 Å². The number of ether oxygens (including phenoxy) is 1. The molecule has 2 fully saturated rings. The van der Waals surface area contributed by atoms with Gasteiger partial charge in [-0.1, -0.05) is 25.6 Å². The van der Waals surface area contributed by atoms with E-state index >= 15 is 0 Å². The van der Waals surface area contributed by atoms with Crippen LogP contribution in [0.5, 0.6) is 0 Å². The molecule has 0 unspecified atom stereocenters. The lowest BCUT2D eigenvalue weighted by Gasteiger charge is -2.26. The predicted molar refractivity (Wildman–Crippen MR) is 78.5 cm³/mol. The van der Waals surface area contributed by atoms with Gasteiger partial charge in [0.05, 0.1) is 19.8 Å². The number of aliphatic imine (C=N–C) groups is 1. The molecule has 1 atom stereocenters. The molecule has 0 aromatic heterocycles. The number of nitrogens with zero attached hydrogens (tertiary/aromatic N) is 2. The lowest BCUT2D eigenvalue weighted by molar-refractivity contribution is -0.135. The van der Waals surface area contributed by atoms with Gasteiger partial charge in [0.2, 0.25) is 5.91 Å². The van der Waals surface area contributed by atoms with E-state index in [4.69, 9.17) is 4.74 Å². The summed E-state index contributed by atoms with van der Waals surface area (Å²) in [5, 5.41) is 4.41. The normalized spacial score (nSPS) is 25.9. The van der Waals surface area contributed by atoms with E-state index in [9.17, 15) is 4.79 Å². The average molecular weight is 285 g/mol. The fourth-order valence-corrected chi connectivity index (χ4v) is 3.31. The Hall–Kier alpha value is -0.750. The number of hydrogen-bond acceptors (Lipinski definition) is 4. The van der Waals surface area contributed by atoms with Crippen molar-refractivity contribution in [3.63, 3.8) is 0 Å². The Morgan fingerprint density at radius 1 is 1.53 bits per heavy atom. The van der Waals surface area contributed by atoms with Crippen molar-refractivity contribution in [2.45, 2.75) is 26.3 Å². The lowest BCUT2D eigenvalue weighted by atomic mass is 10.1. The van der Waals surface area contributed by atoms with Gasteiger partial charge in [0.15, 0.2) is 5.17 Å². The summed E-state index contributed by atoms with van der Waals surface area (Å²) >= 11 is 1.76. The highest BCUT2D eigenvalue weighted by atomic mass is 32.2. The third-order valence-electron chi connectivity index (χ3n) is 3.46. The maximum absolute atomic E-state index is 11.9. The van der Waals surface area contributed by atoms with E-state index in [1.807, 2.05) is 4.90 Å². The van der Waals surface area contributed by atoms with E-state index < -0.39 is 0 Å². The molecule has 0 aliphatic carbocycles. The van der Waals surface area contributed by atoms with Crippen molar-refractivity contribution in [2.24, 2.45) is 10.9 Å². The highest BCUT2D eigenvalue weighted by Gasteiger charge is 2.22. The summed E-state index contributed by atoms with van der Waals surface area (Å²) in [7, 11) is 0. The van der Waals surface area contributed by atoms with Crippen molar-refractivity contribution in [3.8, 4) is 0 Å². The number of carbonyl (C=O) groups is 1. The highest BCUT2D eigenvalue weighted by Crippen LogP contribution is 2.18. The summed E-state index contributed by atoms with van der Waals surface area (Å²) < 4.78 is 5.24. The number of hydrogen-bond donors (Lipinski definition) is 1. The Morgan fingerprint density at radius 3 is 2.89 bits per heavy atom. The van der Waals surface area contributed by atoms with Crippen LogP contribution >= 0.6 is 11.8 Å². The first-order valence-corrected chi connectivity index (χ1v) is 7.94. The Balaban J connectivity index is 1.69. The van der Waals surface area contributed by atoms with E-state index in [0.29, 0.717) is 38.1 Å². The first-order valence-electron chi connectivity index (χ1n) is 6.96. The summed E-state index contributed by atoms with van der Waals surface area (Å²) in [5.74, 6) is 1.89. The van der Waals surface area contributed by atoms with E-state index in [1.165, 1.54) is 0 Å². The second kappa shape index (κ2) is 7.14. The molecule has 5 nitrogen and oxygen atoms in total. The van der Waals surface area contributed by atoms with Crippen molar-refractivity contribution in [1.29, 1.82) is 0 Å². The molecule has 0 bridgehead atoms. The Bertz CT molecular complexity index is 341. The van der Waals surface area contributed by atoms with Crippen LogP contribution in [-0.2, 0) is 9.53 Å². The first kappa shape index (κ1) is 14.7. The van der Waals surface area contributed by atoms with E-state index in [1.54, 1.807) is 11.8 Å². The second-order valence-electron chi connectivity index (χ2n) is 5.24. The van der Waals surface area contributed by atoms with Gasteiger partial charge in [0.25, 0.3) is 0 Å². The lowest BCUT2D eigenvalue weighted by Crippen LogP contribution is -2.40. The number of carbonyl (C=O) groups excluding carboxylic acids is 1. The van der Waals surface area contributed by atoms with Crippen LogP contribution in [0.25, 0.3) is 0 Å². The molecular formula is C13H23N3O2S. The predicted octanol–water partition coefficient (Wildman–Crippen LogP) is 0.952. The van der Waals surface area contributed by atoms with Crippen LogP contribution in [0.2, 0.25) is 0 Å². The van der Waals surface area contributed by atoms with Crippen molar-refractivity contribution in [2.75, 3.05) is 38.6 Å². The minimum atomic E-state index is 0.191. The molecule has 108 valence electrons. The smallest absolute Gasteiger partial charge is 0.224 e. The molecule has 0 aromatic rings. The second-order valence-corrected chi connectivity index (χ2v) is 6.24. The quantitative estimate of drug-likeness (QED) is 0.836. The molecule has 0 spiro atoms. The molecule has 19 heavy (non-hydrogen) atoms. The molecule has 2 aliphatic rings. The molecule has 1 amide bonds. The van der Waals surface area contributed by atoms with Crippen LogP contribution in [0.15, 0.2) is 4.99 Å². The molecule has 2 saturated heterocycles. The maximum atomic E-state index is 11.9. The average Bonchev–Trinajstić information content (AvgIpc) is 2.89. The van der Waals surface area contributed by atoms with Gasteiger partial charge in [-0.15, -0.1) is 0 Å². The molecule has 2 aliphatic heterocycles. The molecular weight excluding hydrogens is 262 g/mol. The number of thioether (sulfide) groups is 1. The van der Waals surface area contributed by atoms with Gasteiger partial charge in [-0.05, 0) is 5.92 Å². The Labute approximate surface area is 119 Å². The molecule has 2 heterocycles. The van der Waals surface area contributed by atoms with Crippen LogP contribution < -0.4 is 5.32 Å². The number of rotatable bonds is 4. The summed E-state index contributed by atoms with van der Waals surface area (Å²) in [4.78, 5) is 18.3. The number of nitrogens with one attached hydrogen (secondary N) is 1. The fraction of sp³-hybridized carbons (Fsp3) is 0.846. The van der Waals surface area contributed by atoms with Crippen LogP contribution in [0.4, 0.5) is 0 Å². The molecule has 1 N–H and O–H groups in total. The topological polar surface area (TPSA) is 53.9 Å². The van der Waals surface area contributed by atoms with Crippen LogP contribution in [0.1, 0.15) is 20.3 Å². The van der Waals surface area contributed by atoms with E-state index in [-0.39, 0.29) is 5.91 Å². The zero-order chi connectivity index (χ0) is 13.7. The third kappa shape index (κ3) is 4.38. The molecule has 0 saturated carbocycles. The highest BCUT2D eigenvalue weighted by molar-refractivity contribution is 8.14. The minimum absolute atomic E-state index is 0.191. The van der Waals surface area contributed by atoms with Gasteiger partial charge < -0.3 is 15.0 Å². The molecule has 0 radical (unpaired) electrons. The summed E-state index contributed by atoms with van der Waals surface area (Å²) in [6, 6.07) is 0.513. The molecule has 0 aromatic carbocycles. The summed E-state index contributed by atoms with van der Waals surface area (Å²) in [5.41, 5.74) is 0. The Kier molecular flexibility index (Phi) is 5.51. The van der Waals surface area contributed by atoms with Crippen LogP contribution in [-0.4, -0.2) is 60.6 Å². The van der Waals surface area contributed by atoms with Crippen molar-refractivity contribution < 1.29 is 9.53 Å². The largest absolute Gasteiger partial charge is 0.378 e. The number of amidine groups is 1.